The molecule has 0 atom stereocenters. The number of aromatic nitrogens is 1. The number of benzene rings is 2. The third-order valence-corrected chi connectivity index (χ3v) is 4.36. The molecule has 7 heteroatoms. The second-order valence-electron chi connectivity index (χ2n) is 6.71. The number of nitrogens with zero attached hydrogens (tertiary/aromatic N) is 1. The number of amides is 3. The maximum absolute atomic E-state index is 12.6. The van der Waals surface area contributed by atoms with Gasteiger partial charge < -0.3 is 16.0 Å². The number of rotatable bonds is 6. The number of nitrogens with one attached hydrogen (secondary N) is 3. The van der Waals surface area contributed by atoms with Crippen molar-refractivity contribution in [3.8, 4) is 0 Å². The molecule has 0 aliphatic carbocycles. The molecule has 0 spiro atoms. The normalized spacial score (nSPS) is 10.2. The molecule has 30 heavy (non-hydrogen) atoms. The fraction of sp³-hybridized carbons (Fsp3) is 0.130. The fourth-order valence-corrected chi connectivity index (χ4v) is 2.83. The van der Waals surface area contributed by atoms with Crippen molar-refractivity contribution in [3.05, 3.63) is 95.3 Å². The summed E-state index contributed by atoms with van der Waals surface area (Å²) >= 11 is 0. The Morgan fingerprint density at radius 2 is 1.53 bits per heavy atom. The van der Waals surface area contributed by atoms with Gasteiger partial charge in [0, 0.05) is 25.5 Å². The number of carbonyl (C=O) groups is 3. The van der Waals surface area contributed by atoms with Crippen LogP contribution in [-0.4, -0.2) is 22.7 Å². The lowest BCUT2D eigenvalue weighted by Crippen LogP contribution is -2.35. The molecule has 3 rings (SSSR count). The van der Waals surface area contributed by atoms with Gasteiger partial charge in [0.25, 0.3) is 5.91 Å². The lowest BCUT2D eigenvalue weighted by Gasteiger charge is -2.12. The van der Waals surface area contributed by atoms with E-state index in [0.717, 1.165) is 16.7 Å². The quantitative estimate of drug-likeness (QED) is 0.552. The molecule has 152 valence electrons. The van der Waals surface area contributed by atoms with Crippen LogP contribution in [0.1, 0.15) is 27.0 Å². The van der Waals surface area contributed by atoms with E-state index in [0.29, 0.717) is 6.54 Å². The third-order valence-electron chi connectivity index (χ3n) is 4.36. The molecule has 1 heterocycles. The first-order chi connectivity index (χ1) is 14.5. The van der Waals surface area contributed by atoms with E-state index in [1.807, 2.05) is 31.2 Å². The summed E-state index contributed by atoms with van der Waals surface area (Å²) in [5, 5.41) is 7.89. The first kappa shape index (κ1) is 20.7. The summed E-state index contributed by atoms with van der Waals surface area (Å²) in [5.74, 6) is -1.98. The van der Waals surface area contributed by atoms with Gasteiger partial charge in [-0.2, -0.15) is 0 Å². The number of carbonyl (C=O) groups excluding carboxylic acids is 3. The molecule has 1 aromatic heterocycles. The number of hydrogen-bond donors (Lipinski definition) is 3. The summed E-state index contributed by atoms with van der Waals surface area (Å²) < 4.78 is 0. The zero-order valence-corrected chi connectivity index (χ0v) is 16.5. The van der Waals surface area contributed by atoms with Crippen LogP contribution in [0.15, 0.2) is 73.1 Å². The molecule has 0 saturated carbocycles. The Kier molecular flexibility index (Phi) is 6.89. The highest BCUT2D eigenvalue weighted by Crippen LogP contribution is 2.15. The largest absolute Gasteiger partial charge is 0.348 e. The number of hydrogen-bond acceptors (Lipinski definition) is 4. The molecular formula is C23H22N4O3. The average molecular weight is 402 g/mol. The van der Waals surface area contributed by atoms with E-state index in [2.05, 4.69) is 20.9 Å². The zero-order valence-electron chi connectivity index (χ0n) is 16.5. The van der Waals surface area contributed by atoms with Crippen LogP contribution >= 0.6 is 0 Å². The highest BCUT2D eigenvalue weighted by Gasteiger charge is 2.17. The molecule has 0 fully saturated rings. The minimum Gasteiger partial charge on any atom is -0.348 e. The van der Waals surface area contributed by atoms with E-state index >= 15 is 0 Å². The van der Waals surface area contributed by atoms with Gasteiger partial charge in [-0.3, -0.25) is 19.4 Å². The number of pyridine rings is 1. The molecule has 0 unspecified atom stereocenters. The highest BCUT2D eigenvalue weighted by molar-refractivity contribution is 6.40. The first-order valence-electron chi connectivity index (χ1n) is 9.44. The van der Waals surface area contributed by atoms with Crippen LogP contribution in [-0.2, 0) is 22.7 Å². The van der Waals surface area contributed by atoms with Crippen molar-refractivity contribution in [1.82, 2.24) is 15.6 Å². The monoisotopic (exact) mass is 402 g/mol. The van der Waals surface area contributed by atoms with Gasteiger partial charge in [0.2, 0.25) is 0 Å². The molecule has 0 saturated heterocycles. The molecule has 0 bridgehead atoms. The highest BCUT2D eigenvalue weighted by atomic mass is 16.2. The summed E-state index contributed by atoms with van der Waals surface area (Å²) in [5.41, 5.74) is 3.44. The maximum atomic E-state index is 12.6. The predicted octanol–water partition coefficient (Wildman–Crippen LogP) is 2.57. The van der Waals surface area contributed by atoms with E-state index in [1.165, 1.54) is 0 Å². The van der Waals surface area contributed by atoms with Crippen LogP contribution in [0.5, 0.6) is 0 Å². The van der Waals surface area contributed by atoms with E-state index in [-0.39, 0.29) is 23.7 Å². The predicted molar refractivity (Wildman–Crippen MR) is 114 cm³/mol. The summed E-state index contributed by atoms with van der Waals surface area (Å²) in [6, 6.07) is 17.9. The molecule has 3 amide bonds. The van der Waals surface area contributed by atoms with Crippen LogP contribution in [0.2, 0.25) is 0 Å². The van der Waals surface area contributed by atoms with E-state index in [1.54, 1.807) is 48.8 Å². The summed E-state index contributed by atoms with van der Waals surface area (Å²) in [7, 11) is 0. The number of para-hydroxylation sites is 1. The number of anilines is 1. The third kappa shape index (κ3) is 5.75. The Balaban J connectivity index is 1.60. The van der Waals surface area contributed by atoms with Gasteiger partial charge in [0.05, 0.1) is 11.3 Å². The SMILES string of the molecule is Cc1cccc(CNC(=O)c2ccccc2NC(=O)C(=O)NCc2ccncc2)c1. The Labute approximate surface area is 174 Å². The molecule has 7 nitrogen and oxygen atoms in total. The maximum Gasteiger partial charge on any atom is 0.313 e. The Morgan fingerprint density at radius 1 is 0.800 bits per heavy atom. The molecule has 3 N–H and O–H groups in total. The van der Waals surface area contributed by atoms with Crippen molar-refractivity contribution in [2.75, 3.05) is 5.32 Å². The van der Waals surface area contributed by atoms with Gasteiger partial charge in [-0.25, -0.2) is 0 Å². The van der Waals surface area contributed by atoms with Crippen LogP contribution in [0.4, 0.5) is 5.69 Å². The minimum absolute atomic E-state index is 0.202. The molecule has 0 aliphatic heterocycles. The second-order valence-corrected chi connectivity index (χ2v) is 6.71. The van der Waals surface area contributed by atoms with Gasteiger partial charge in [0.1, 0.15) is 0 Å². The lowest BCUT2D eigenvalue weighted by atomic mass is 10.1. The second kappa shape index (κ2) is 9.97. The topological polar surface area (TPSA) is 100 Å². The summed E-state index contributed by atoms with van der Waals surface area (Å²) in [4.78, 5) is 40.9. The van der Waals surface area contributed by atoms with E-state index in [9.17, 15) is 14.4 Å². The van der Waals surface area contributed by atoms with Crippen molar-refractivity contribution >= 4 is 23.4 Å². The van der Waals surface area contributed by atoms with Crippen molar-refractivity contribution in [3.63, 3.8) is 0 Å². The zero-order chi connectivity index (χ0) is 21.3. The summed E-state index contributed by atoms with van der Waals surface area (Å²) in [6.07, 6.45) is 3.21. The van der Waals surface area contributed by atoms with Crippen LogP contribution in [0.25, 0.3) is 0 Å². The Morgan fingerprint density at radius 3 is 2.30 bits per heavy atom. The molecule has 3 aromatic rings. The molecule has 0 aliphatic rings. The van der Waals surface area contributed by atoms with Gasteiger partial charge >= 0.3 is 11.8 Å². The molecule has 0 radical (unpaired) electrons. The van der Waals surface area contributed by atoms with Gasteiger partial charge in [-0.15, -0.1) is 0 Å². The molecular weight excluding hydrogens is 380 g/mol. The van der Waals surface area contributed by atoms with E-state index < -0.39 is 11.8 Å². The van der Waals surface area contributed by atoms with Gasteiger partial charge in [-0.05, 0) is 42.3 Å². The Hall–Kier alpha value is -4.00. The first-order valence-corrected chi connectivity index (χ1v) is 9.44. The van der Waals surface area contributed by atoms with Crippen molar-refractivity contribution in [1.29, 1.82) is 0 Å². The molecule has 2 aromatic carbocycles. The minimum atomic E-state index is -0.844. The van der Waals surface area contributed by atoms with Crippen molar-refractivity contribution < 1.29 is 14.4 Å². The average Bonchev–Trinajstić information content (AvgIpc) is 2.77. The standard InChI is InChI=1S/C23H22N4O3/c1-16-5-4-6-18(13-16)15-25-21(28)19-7-2-3-8-20(19)27-23(30)22(29)26-14-17-9-11-24-12-10-17/h2-13H,14-15H2,1H3,(H,25,28)(H,26,29)(H,27,30). The van der Waals surface area contributed by atoms with Gasteiger partial charge in [0.15, 0.2) is 0 Å². The lowest BCUT2D eigenvalue weighted by molar-refractivity contribution is -0.136. The van der Waals surface area contributed by atoms with Crippen LogP contribution in [0, 0.1) is 6.92 Å². The fourth-order valence-electron chi connectivity index (χ4n) is 2.83. The summed E-state index contributed by atoms with van der Waals surface area (Å²) in [6.45, 7) is 2.54. The Bertz CT molecular complexity index is 1050. The van der Waals surface area contributed by atoms with Crippen LogP contribution < -0.4 is 16.0 Å². The van der Waals surface area contributed by atoms with E-state index in [4.69, 9.17) is 0 Å². The van der Waals surface area contributed by atoms with Crippen molar-refractivity contribution in [2.45, 2.75) is 20.0 Å². The number of aryl methyl sites for hydroxylation is 1. The van der Waals surface area contributed by atoms with Crippen LogP contribution in [0.3, 0.4) is 0 Å². The van der Waals surface area contributed by atoms with Crippen molar-refractivity contribution in [2.24, 2.45) is 0 Å². The van der Waals surface area contributed by atoms with Gasteiger partial charge in [-0.1, -0.05) is 42.0 Å². The smallest absolute Gasteiger partial charge is 0.313 e.